The third kappa shape index (κ3) is 1.30. The zero-order valence-electron chi connectivity index (χ0n) is 7.96. The van der Waals surface area contributed by atoms with Crippen molar-refractivity contribution in [2.75, 3.05) is 19.7 Å². The summed E-state index contributed by atoms with van der Waals surface area (Å²) >= 11 is 0. The van der Waals surface area contributed by atoms with Gasteiger partial charge in [-0.05, 0) is 13.3 Å². The van der Waals surface area contributed by atoms with Crippen molar-refractivity contribution < 1.29 is 9.50 Å². The normalized spacial score (nSPS) is 43.0. The molecule has 2 nitrogen and oxygen atoms in total. The molecular weight excluding hydrogens is 169 g/mol. The average molecular weight is 185 g/mol. The first-order valence-electron chi connectivity index (χ1n) is 4.84. The van der Waals surface area contributed by atoms with Crippen LogP contribution in [0.2, 0.25) is 0 Å². The largest absolute Gasteiger partial charge is 0.394 e. The van der Waals surface area contributed by atoms with Gasteiger partial charge in [0.2, 0.25) is 0 Å². The van der Waals surface area contributed by atoms with E-state index in [0.29, 0.717) is 13.0 Å². The van der Waals surface area contributed by atoms with Gasteiger partial charge in [-0.25, -0.2) is 4.39 Å². The van der Waals surface area contributed by atoms with Crippen molar-refractivity contribution in [2.45, 2.75) is 31.5 Å². The lowest BCUT2D eigenvalue weighted by molar-refractivity contribution is 0.0997. The number of aliphatic hydroxyl groups is 1. The van der Waals surface area contributed by atoms with E-state index in [9.17, 15) is 9.50 Å². The SMILES string of the molecule is CC=C1CN2C[C@H](F)C[C@@]2(CO)C1. The van der Waals surface area contributed by atoms with Crippen molar-refractivity contribution in [3.8, 4) is 0 Å². The molecule has 0 saturated carbocycles. The van der Waals surface area contributed by atoms with Gasteiger partial charge in [0.1, 0.15) is 6.17 Å². The minimum atomic E-state index is -0.745. The monoisotopic (exact) mass is 185 g/mol. The van der Waals surface area contributed by atoms with Crippen molar-refractivity contribution in [2.24, 2.45) is 0 Å². The van der Waals surface area contributed by atoms with E-state index in [1.54, 1.807) is 0 Å². The molecule has 2 saturated heterocycles. The summed E-state index contributed by atoms with van der Waals surface area (Å²) in [5.41, 5.74) is 1.07. The highest BCUT2D eigenvalue weighted by molar-refractivity contribution is 5.21. The van der Waals surface area contributed by atoms with Crippen LogP contribution in [-0.2, 0) is 0 Å². The second-order valence-corrected chi connectivity index (χ2v) is 4.19. The number of aliphatic hydroxyl groups excluding tert-OH is 1. The molecule has 2 aliphatic rings. The van der Waals surface area contributed by atoms with Crippen LogP contribution in [0.5, 0.6) is 0 Å². The molecule has 0 aromatic carbocycles. The van der Waals surface area contributed by atoms with E-state index >= 15 is 0 Å². The van der Waals surface area contributed by atoms with Crippen LogP contribution in [0.4, 0.5) is 4.39 Å². The molecule has 13 heavy (non-hydrogen) atoms. The molecular formula is C10H16FNO. The molecule has 2 fully saturated rings. The number of nitrogens with zero attached hydrogens (tertiary/aromatic N) is 1. The molecule has 2 heterocycles. The van der Waals surface area contributed by atoms with Crippen molar-refractivity contribution in [3.05, 3.63) is 11.6 Å². The van der Waals surface area contributed by atoms with Gasteiger partial charge in [-0.2, -0.15) is 0 Å². The minimum absolute atomic E-state index is 0.0881. The number of hydrogen-bond donors (Lipinski definition) is 1. The highest BCUT2D eigenvalue weighted by Crippen LogP contribution is 2.41. The molecule has 0 radical (unpaired) electrons. The number of hydrogen-bond acceptors (Lipinski definition) is 2. The Bertz CT molecular complexity index is 241. The first-order chi connectivity index (χ1) is 6.20. The van der Waals surface area contributed by atoms with Gasteiger partial charge in [0.05, 0.1) is 12.1 Å². The fourth-order valence-electron chi connectivity index (χ4n) is 2.59. The Labute approximate surface area is 78.0 Å². The molecule has 2 rings (SSSR count). The maximum Gasteiger partial charge on any atom is 0.115 e. The molecule has 0 unspecified atom stereocenters. The Morgan fingerprint density at radius 1 is 1.77 bits per heavy atom. The first kappa shape index (κ1) is 9.16. The molecule has 0 aliphatic carbocycles. The summed E-state index contributed by atoms with van der Waals surface area (Å²) in [5.74, 6) is 0. The number of halogens is 1. The van der Waals surface area contributed by atoms with Gasteiger partial charge >= 0.3 is 0 Å². The average Bonchev–Trinajstić information content (AvgIpc) is 2.57. The fraction of sp³-hybridized carbons (Fsp3) is 0.800. The Kier molecular flexibility index (Phi) is 2.16. The van der Waals surface area contributed by atoms with Gasteiger partial charge < -0.3 is 5.11 Å². The third-order valence-corrected chi connectivity index (χ3v) is 3.34. The van der Waals surface area contributed by atoms with Crippen molar-refractivity contribution >= 4 is 0 Å². The van der Waals surface area contributed by atoms with Gasteiger partial charge in [0.15, 0.2) is 0 Å². The summed E-state index contributed by atoms with van der Waals surface area (Å²) in [6.07, 6.45) is 2.69. The van der Waals surface area contributed by atoms with Crippen LogP contribution >= 0.6 is 0 Å². The smallest absolute Gasteiger partial charge is 0.115 e. The van der Waals surface area contributed by atoms with Crippen molar-refractivity contribution in [3.63, 3.8) is 0 Å². The highest BCUT2D eigenvalue weighted by atomic mass is 19.1. The van der Waals surface area contributed by atoms with E-state index in [0.717, 1.165) is 13.0 Å². The molecule has 0 amide bonds. The van der Waals surface area contributed by atoms with Crippen LogP contribution in [-0.4, -0.2) is 41.4 Å². The highest BCUT2D eigenvalue weighted by Gasteiger charge is 2.49. The van der Waals surface area contributed by atoms with E-state index in [-0.39, 0.29) is 12.1 Å². The molecule has 2 atom stereocenters. The van der Waals surface area contributed by atoms with E-state index in [4.69, 9.17) is 0 Å². The number of rotatable bonds is 1. The van der Waals surface area contributed by atoms with Gasteiger partial charge in [0.25, 0.3) is 0 Å². The predicted molar refractivity (Wildman–Crippen MR) is 49.3 cm³/mol. The second kappa shape index (κ2) is 3.07. The van der Waals surface area contributed by atoms with E-state index < -0.39 is 6.17 Å². The Morgan fingerprint density at radius 3 is 3.08 bits per heavy atom. The summed E-state index contributed by atoms with van der Waals surface area (Å²) in [6, 6.07) is 0. The third-order valence-electron chi connectivity index (χ3n) is 3.34. The minimum Gasteiger partial charge on any atom is -0.394 e. The van der Waals surface area contributed by atoms with Crippen LogP contribution in [0.3, 0.4) is 0 Å². The van der Waals surface area contributed by atoms with Gasteiger partial charge in [0, 0.05) is 19.5 Å². The van der Waals surface area contributed by atoms with Crippen molar-refractivity contribution in [1.29, 1.82) is 0 Å². The molecule has 74 valence electrons. The lowest BCUT2D eigenvalue weighted by atomic mass is 9.93. The van der Waals surface area contributed by atoms with Crippen LogP contribution in [0.15, 0.2) is 11.6 Å². The summed E-state index contributed by atoms with van der Waals surface area (Å²) in [4.78, 5) is 2.09. The predicted octanol–water partition coefficient (Wildman–Crippen LogP) is 1.11. The molecule has 0 aromatic heterocycles. The molecule has 3 heteroatoms. The zero-order chi connectivity index (χ0) is 9.47. The maximum atomic E-state index is 13.1. The van der Waals surface area contributed by atoms with Crippen LogP contribution in [0, 0.1) is 0 Å². The number of alkyl halides is 1. The molecule has 0 bridgehead atoms. The van der Waals surface area contributed by atoms with Gasteiger partial charge in [-0.3, -0.25) is 4.90 Å². The Balaban J connectivity index is 2.20. The van der Waals surface area contributed by atoms with Gasteiger partial charge in [-0.1, -0.05) is 11.6 Å². The number of allylic oxidation sites excluding steroid dienone is 1. The lowest BCUT2D eigenvalue weighted by Crippen LogP contribution is -2.41. The van der Waals surface area contributed by atoms with Crippen LogP contribution in [0.1, 0.15) is 19.8 Å². The van der Waals surface area contributed by atoms with Crippen LogP contribution in [0.25, 0.3) is 0 Å². The standard InChI is InChI=1S/C10H16FNO/c1-2-8-3-10(7-13)4-9(11)6-12(10)5-8/h2,9,13H,3-7H2,1H3/t9-,10-/m1/s1. The molecule has 2 aliphatic heterocycles. The summed E-state index contributed by atoms with van der Waals surface area (Å²) in [7, 11) is 0. The lowest BCUT2D eigenvalue weighted by Gasteiger charge is -2.28. The summed E-state index contributed by atoms with van der Waals surface area (Å²) in [5, 5.41) is 9.32. The number of fused-ring (bicyclic) bond motifs is 1. The topological polar surface area (TPSA) is 23.5 Å². The molecule has 1 N–H and O–H groups in total. The first-order valence-corrected chi connectivity index (χ1v) is 4.84. The second-order valence-electron chi connectivity index (χ2n) is 4.19. The fourth-order valence-corrected chi connectivity index (χ4v) is 2.59. The summed E-state index contributed by atoms with van der Waals surface area (Å²) < 4.78 is 13.1. The van der Waals surface area contributed by atoms with Gasteiger partial charge in [-0.15, -0.1) is 0 Å². The zero-order valence-corrected chi connectivity index (χ0v) is 7.96. The van der Waals surface area contributed by atoms with Crippen LogP contribution < -0.4 is 0 Å². The molecule has 0 spiro atoms. The Morgan fingerprint density at radius 2 is 2.54 bits per heavy atom. The maximum absolute atomic E-state index is 13.1. The summed E-state index contributed by atoms with van der Waals surface area (Å²) in [6.45, 7) is 3.44. The van der Waals surface area contributed by atoms with Crippen molar-refractivity contribution in [1.82, 2.24) is 4.90 Å². The Hall–Kier alpha value is -0.410. The van der Waals surface area contributed by atoms with E-state index in [1.807, 2.05) is 6.92 Å². The van der Waals surface area contributed by atoms with E-state index in [1.165, 1.54) is 5.57 Å². The molecule has 0 aromatic rings. The van der Waals surface area contributed by atoms with E-state index in [2.05, 4.69) is 11.0 Å². The quantitative estimate of drug-likeness (QED) is 0.619.